The largest absolute Gasteiger partial charge is 0.481 e. The van der Waals surface area contributed by atoms with E-state index in [1.807, 2.05) is 0 Å². The quantitative estimate of drug-likeness (QED) is 0.484. The molecule has 5 heteroatoms. The highest BCUT2D eigenvalue weighted by Gasteiger charge is 2.13. The van der Waals surface area contributed by atoms with Gasteiger partial charge in [-0.3, -0.25) is 4.79 Å². The van der Waals surface area contributed by atoms with Crippen molar-refractivity contribution in [3.05, 3.63) is 0 Å². The smallest absolute Gasteiger partial charge is 0.332 e. The van der Waals surface area contributed by atoms with Gasteiger partial charge >= 0.3 is 11.9 Å². The van der Waals surface area contributed by atoms with Gasteiger partial charge in [0.25, 0.3) is 0 Å². The van der Waals surface area contributed by atoms with Crippen molar-refractivity contribution in [3.8, 4) is 0 Å². The first-order chi connectivity index (χ1) is 6.17. The molecule has 0 aliphatic heterocycles. The lowest BCUT2D eigenvalue weighted by molar-refractivity contribution is -0.147. The predicted octanol–water partition coefficient (Wildman–Crippen LogP) is -0.703. The minimum absolute atomic E-state index is 1.23. The summed E-state index contributed by atoms with van der Waals surface area (Å²) >= 11 is 0. The van der Waals surface area contributed by atoms with Crippen LogP contribution in [0.5, 0.6) is 0 Å². The maximum atomic E-state index is 10.4. The topological polar surface area (TPSA) is 94.8 Å². The van der Waals surface area contributed by atoms with Gasteiger partial charge in [0.1, 0.15) is 0 Å². The summed E-state index contributed by atoms with van der Waals surface area (Å²) in [7, 11) is 0. The van der Waals surface area contributed by atoms with Crippen molar-refractivity contribution in [1.29, 1.82) is 1.43 Å². The number of hydrogen-bond donors (Lipinski definition) is 3. The first-order valence-corrected chi connectivity index (χ1v) is 2.27. The van der Waals surface area contributed by atoms with Crippen LogP contribution in [0.25, 0.3) is 0 Å². The van der Waals surface area contributed by atoms with E-state index < -0.39 is 30.8 Å². The third-order valence-electron chi connectivity index (χ3n) is 0.594. The number of hydrogen-bond acceptors (Lipinski definition) is 3. The molecule has 0 saturated heterocycles. The second-order valence-corrected chi connectivity index (χ2v) is 1.38. The van der Waals surface area contributed by atoms with Crippen LogP contribution in [0.3, 0.4) is 0 Å². The maximum Gasteiger partial charge on any atom is 0.332 e. The lowest BCUT2D eigenvalue weighted by Crippen LogP contribution is -2.20. The molecular formula is C5H8O5. The van der Waals surface area contributed by atoms with Crippen LogP contribution in [0.1, 0.15) is 16.9 Å². The second-order valence-electron chi connectivity index (χ2n) is 1.38. The summed E-state index contributed by atoms with van der Waals surface area (Å²) in [6.07, 6.45) is -7.47. The van der Waals surface area contributed by atoms with E-state index in [0.717, 1.165) is 0 Å². The first-order valence-electron chi connectivity index (χ1n) is 4.17. The highest BCUT2D eigenvalue weighted by Crippen LogP contribution is 1.95. The minimum atomic E-state index is -3.24. The molecule has 0 aromatic heterocycles. The van der Waals surface area contributed by atoms with E-state index in [-0.39, 0.29) is 0 Å². The van der Waals surface area contributed by atoms with Gasteiger partial charge < -0.3 is 15.3 Å². The molecule has 3 N–H and O–H groups in total. The Bertz CT molecular complexity index is 255. The lowest BCUT2D eigenvalue weighted by Gasteiger charge is -2.00. The van der Waals surface area contributed by atoms with Gasteiger partial charge in [0.2, 0.25) is 1.43 Å². The molecule has 0 aromatic carbocycles. The molecule has 0 amide bonds. The molecule has 0 radical (unpaired) electrons. The van der Waals surface area contributed by atoms with Gasteiger partial charge in [0, 0.05) is 9.16 Å². The molecule has 0 bridgehead atoms. The minimum Gasteiger partial charge on any atom is -0.481 e. The molecule has 5 nitrogen and oxygen atoms in total. The van der Waals surface area contributed by atoms with E-state index in [2.05, 4.69) is 5.11 Å². The fraction of sp³-hybridized carbons (Fsp3) is 0.600. The zero-order chi connectivity index (χ0) is 11.6. The van der Waals surface area contributed by atoms with E-state index >= 15 is 0 Å². The molecule has 0 saturated carbocycles. The van der Waals surface area contributed by atoms with E-state index in [1.165, 1.54) is 0 Å². The standard InChI is InChI=1S/C5H8O5/c6-3(5(9)10)1-2-4(7)8/h3,6H,1-2H2,(H,7,8)(H,9,10)/i1D2,3D,6D. The Labute approximate surface area is 62.6 Å². The van der Waals surface area contributed by atoms with E-state index in [0.29, 0.717) is 0 Å². The Morgan fingerprint density at radius 3 is 2.60 bits per heavy atom. The highest BCUT2D eigenvalue weighted by atomic mass is 16.4. The summed E-state index contributed by atoms with van der Waals surface area (Å²) < 4.78 is 27.3. The Kier molecular flexibility index (Phi) is 1.51. The number of carboxylic acid groups (broad SMARTS) is 2. The third kappa shape index (κ3) is 3.85. The number of carbonyl (C=O) groups is 2. The Morgan fingerprint density at radius 2 is 2.30 bits per heavy atom. The predicted molar refractivity (Wildman–Crippen MR) is 30.5 cm³/mol. The molecule has 0 rings (SSSR count). The van der Waals surface area contributed by atoms with E-state index in [4.69, 9.17) is 15.8 Å². The lowest BCUT2D eigenvalue weighted by atomic mass is 10.2. The molecule has 0 aliphatic rings. The SMILES string of the molecule is [2H]OC([2H])(C(=O)O)C([2H])([2H])CC(=O)O. The van der Waals surface area contributed by atoms with Crippen molar-refractivity contribution in [2.75, 3.05) is 0 Å². The normalized spacial score (nSPS) is 22.8. The van der Waals surface area contributed by atoms with Crippen LogP contribution >= 0.6 is 0 Å². The monoisotopic (exact) mass is 152 g/mol. The van der Waals surface area contributed by atoms with Crippen LogP contribution in [0, 0.1) is 0 Å². The van der Waals surface area contributed by atoms with Crippen LogP contribution in [0.2, 0.25) is 0 Å². The number of carboxylic acids is 2. The van der Waals surface area contributed by atoms with E-state index in [9.17, 15) is 9.59 Å². The second kappa shape index (κ2) is 3.84. The molecule has 1 atom stereocenters. The first kappa shape index (κ1) is 3.92. The highest BCUT2D eigenvalue weighted by molar-refractivity contribution is 5.73. The average molecular weight is 152 g/mol. The Balaban J connectivity index is 5.00. The van der Waals surface area contributed by atoms with Gasteiger partial charge in [-0.1, -0.05) is 0 Å². The zero-order valence-corrected chi connectivity index (χ0v) is 4.83. The summed E-state index contributed by atoms with van der Waals surface area (Å²) in [5.74, 6) is -3.68. The molecular weight excluding hydrogens is 140 g/mol. The van der Waals surface area contributed by atoms with Gasteiger partial charge in [0.05, 0.1) is 1.37 Å². The maximum absolute atomic E-state index is 10.4. The molecule has 1 unspecified atom stereocenters. The number of aliphatic hydroxyl groups is 1. The molecule has 0 fully saturated rings. The van der Waals surface area contributed by atoms with Crippen LogP contribution in [0.4, 0.5) is 0 Å². The van der Waals surface area contributed by atoms with E-state index in [1.54, 1.807) is 0 Å². The zero-order valence-electron chi connectivity index (χ0n) is 8.83. The fourth-order valence-corrected chi connectivity index (χ4v) is 0.232. The molecule has 58 valence electrons. The van der Waals surface area contributed by atoms with Crippen molar-refractivity contribution in [1.82, 2.24) is 0 Å². The summed E-state index contributed by atoms with van der Waals surface area (Å²) in [5, 5.41) is 20.1. The Morgan fingerprint density at radius 1 is 1.70 bits per heavy atom. The number of rotatable bonds is 5. The summed E-state index contributed by atoms with van der Waals surface area (Å²) in [6, 6.07) is 0. The molecule has 0 heterocycles. The molecule has 10 heavy (non-hydrogen) atoms. The van der Waals surface area contributed by atoms with Gasteiger partial charge in [-0.2, -0.15) is 0 Å². The van der Waals surface area contributed by atoms with Crippen molar-refractivity contribution >= 4 is 11.9 Å². The van der Waals surface area contributed by atoms with Gasteiger partial charge in [-0.25, -0.2) is 4.79 Å². The molecule has 0 aromatic rings. The molecule has 0 spiro atoms. The van der Waals surface area contributed by atoms with Gasteiger partial charge in [-0.05, 0) is 6.37 Å². The van der Waals surface area contributed by atoms with Crippen LogP contribution in [0.15, 0.2) is 0 Å². The average Bonchev–Trinajstić information content (AvgIpc) is 1.99. The fourth-order valence-electron chi connectivity index (χ4n) is 0.232. The van der Waals surface area contributed by atoms with Gasteiger partial charge in [-0.15, -0.1) is 0 Å². The summed E-state index contributed by atoms with van der Waals surface area (Å²) in [4.78, 5) is 20.6. The van der Waals surface area contributed by atoms with Crippen molar-refractivity contribution in [2.24, 2.45) is 0 Å². The van der Waals surface area contributed by atoms with Crippen molar-refractivity contribution < 1.29 is 29.0 Å². The van der Waals surface area contributed by atoms with Crippen LogP contribution < -0.4 is 0 Å². The third-order valence-corrected chi connectivity index (χ3v) is 0.594. The van der Waals surface area contributed by atoms with Crippen LogP contribution in [-0.2, 0) is 9.59 Å². The summed E-state index contributed by atoms with van der Waals surface area (Å²) in [5.41, 5.74) is 0. The van der Waals surface area contributed by atoms with Gasteiger partial charge in [0.15, 0.2) is 6.08 Å². The van der Waals surface area contributed by atoms with Crippen LogP contribution in [-0.4, -0.2) is 34.8 Å². The van der Waals surface area contributed by atoms with Crippen molar-refractivity contribution in [3.63, 3.8) is 0 Å². The summed E-state index contributed by atoms with van der Waals surface area (Å²) in [6.45, 7) is 0. The molecule has 0 aliphatic carbocycles. The van der Waals surface area contributed by atoms with Crippen molar-refractivity contribution in [2.45, 2.75) is 18.9 Å². The number of aliphatic carboxylic acids is 2. The Hall–Kier alpha value is -1.10.